The highest BCUT2D eigenvalue weighted by molar-refractivity contribution is 5.95. The number of benzene rings is 2. The van der Waals surface area contributed by atoms with Gasteiger partial charge in [-0.15, -0.1) is 0 Å². The van der Waals surface area contributed by atoms with Gasteiger partial charge in [0.05, 0.1) is 24.4 Å². The molecule has 0 fully saturated rings. The summed E-state index contributed by atoms with van der Waals surface area (Å²) in [4.78, 5) is 43.7. The van der Waals surface area contributed by atoms with Crippen LogP contribution in [0.2, 0.25) is 0 Å². The molecule has 12 nitrogen and oxygen atoms in total. The first-order chi connectivity index (χ1) is 19.8. The fourth-order valence-electron chi connectivity index (χ4n) is 3.61. The molecule has 15 heteroatoms. The number of aromatic nitrogens is 2. The van der Waals surface area contributed by atoms with E-state index in [1.807, 2.05) is 18.2 Å². The number of halogens is 3. The van der Waals surface area contributed by atoms with Gasteiger partial charge in [0, 0.05) is 25.9 Å². The zero-order valence-electron chi connectivity index (χ0n) is 22.8. The molecule has 1 atom stereocenters. The Kier molecular flexibility index (Phi) is 10.1. The lowest BCUT2D eigenvalue weighted by atomic mass is 9.95. The second-order valence-electron chi connectivity index (χ2n) is 9.07. The van der Waals surface area contributed by atoms with Gasteiger partial charge in [0.25, 0.3) is 5.91 Å². The van der Waals surface area contributed by atoms with Gasteiger partial charge in [0.1, 0.15) is 23.9 Å². The van der Waals surface area contributed by atoms with Crippen LogP contribution in [0.15, 0.2) is 48.7 Å². The van der Waals surface area contributed by atoms with Crippen molar-refractivity contribution in [3.8, 4) is 28.5 Å². The van der Waals surface area contributed by atoms with Gasteiger partial charge < -0.3 is 35.3 Å². The number of carbonyl (C=O) groups excluding carboxylic acids is 2. The maximum Gasteiger partial charge on any atom is 0.490 e. The average molecular weight is 592 g/mol. The van der Waals surface area contributed by atoms with E-state index in [0.29, 0.717) is 34.9 Å². The number of nitrogens with zero attached hydrogens (tertiary/aromatic N) is 3. The van der Waals surface area contributed by atoms with Crippen LogP contribution in [0.3, 0.4) is 0 Å². The van der Waals surface area contributed by atoms with E-state index >= 15 is 0 Å². The van der Waals surface area contributed by atoms with Gasteiger partial charge in [-0.25, -0.2) is 14.8 Å². The number of hydrogen-bond donors (Lipinski definition) is 3. The summed E-state index contributed by atoms with van der Waals surface area (Å²) in [5, 5.41) is 10.1. The van der Waals surface area contributed by atoms with E-state index in [1.165, 1.54) is 4.90 Å². The zero-order valence-corrected chi connectivity index (χ0v) is 22.8. The van der Waals surface area contributed by atoms with E-state index in [2.05, 4.69) is 15.3 Å². The van der Waals surface area contributed by atoms with Gasteiger partial charge in [-0.2, -0.15) is 13.2 Å². The molecule has 1 aliphatic heterocycles. The average Bonchev–Trinajstić information content (AvgIpc) is 2.95. The number of likely N-dealkylation sites (N-methyl/N-ethyl adjacent to an activating group) is 1. The van der Waals surface area contributed by atoms with Crippen molar-refractivity contribution in [3.05, 3.63) is 54.2 Å². The summed E-state index contributed by atoms with van der Waals surface area (Å²) in [5.41, 5.74) is 8.34. The first kappa shape index (κ1) is 31.4. The molecular formula is C27H28F3N5O7. The van der Waals surface area contributed by atoms with Gasteiger partial charge in [-0.3, -0.25) is 9.59 Å². The Labute approximate surface area is 238 Å². The highest BCUT2D eigenvalue weighted by atomic mass is 19.4. The maximum absolute atomic E-state index is 13.1. The van der Waals surface area contributed by atoms with Crippen molar-refractivity contribution in [2.24, 2.45) is 5.92 Å². The molecule has 1 aliphatic rings. The minimum absolute atomic E-state index is 0.138. The molecule has 2 amide bonds. The van der Waals surface area contributed by atoms with Crippen molar-refractivity contribution in [1.82, 2.24) is 14.9 Å². The number of methoxy groups -OCH3 is 1. The molecule has 4 rings (SSSR count). The summed E-state index contributed by atoms with van der Waals surface area (Å²) in [7, 11) is 4.88. The Hall–Kier alpha value is -5.08. The number of amides is 2. The number of nitrogens with one attached hydrogen (secondary N) is 1. The Bertz CT molecular complexity index is 1450. The molecule has 0 aliphatic carbocycles. The van der Waals surface area contributed by atoms with Crippen LogP contribution in [0.1, 0.15) is 5.56 Å². The van der Waals surface area contributed by atoms with E-state index in [9.17, 15) is 22.8 Å². The minimum Gasteiger partial charge on any atom is -0.497 e. The van der Waals surface area contributed by atoms with Gasteiger partial charge in [-0.05, 0) is 48.4 Å². The normalized spacial score (nSPS) is 13.8. The third-order valence-corrected chi connectivity index (χ3v) is 5.85. The number of carboxylic acid groups (broad SMARTS) is 1. The molecule has 0 radical (unpaired) electrons. The fraction of sp³-hybridized carbons (Fsp3) is 0.296. The van der Waals surface area contributed by atoms with Crippen LogP contribution >= 0.6 is 0 Å². The van der Waals surface area contributed by atoms with Crippen LogP contribution in [0, 0.1) is 5.92 Å². The van der Waals surface area contributed by atoms with E-state index in [1.54, 1.807) is 51.7 Å². The predicted molar refractivity (Wildman–Crippen MR) is 144 cm³/mol. The standard InChI is InChI=1S/C25H27N5O5.C2HF3O2/c1-30(2)23(31)14-35-22-12-15(19-8-9-27-25(26)29-19)4-6-20(22)28-24(32)17-10-16-11-18(33-3)5-7-21(16)34-13-17;3-2(4,5)1(6)7/h4-9,11-12,17H,10,13-14H2,1-3H3,(H,28,32)(H2,26,27,29);(H,6,7). The number of fused-ring (bicyclic) bond motifs is 1. The summed E-state index contributed by atoms with van der Waals surface area (Å²) in [6, 6.07) is 12.5. The maximum atomic E-state index is 13.1. The van der Waals surface area contributed by atoms with Gasteiger partial charge >= 0.3 is 12.1 Å². The number of rotatable bonds is 7. The quantitative estimate of drug-likeness (QED) is 0.372. The highest BCUT2D eigenvalue weighted by Crippen LogP contribution is 2.34. The third kappa shape index (κ3) is 8.46. The van der Waals surface area contributed by atoms with Gasteiger partial charge in [0.15, 0.2) is 6.61 Å². The zero-order chi connectivity index (χ0) is 31.0. The van der Waals surface area contributed by atoms with Crippen molar-refractivity contribution in [1.29, 1.82) is 0 Å². The molecule has 0 bridgehead atoms. The molecule has 4 N–H and O–H groups in total. The topological polar surface area (TPSA) is 166 Å². The van der Waals surface area contributed by atoms with E-state index in [4.69, 9.17) is 29.8 Å². The Balaban J connectivity index is 0.000000616. The van der Waals surface area contributed by atoms with Gasteiger partial charge in [0.2, 0.25) is 11.9 Å². The third-order valence-electron chi connectivity index (χ3n) is 5.85. The first-order valence-electron chi connectivity index (χ1n) is 12.2. The number of ether oxygens (including phenoxy) is 3. The lowest BCUT2D eigenvalue weighted by Crippen LogP contribution is -2.33. The summed E-state index contributed by atoms with van der Waals surface area (Å²) >= 11 is 0. The van der Waals surface area contributed by atoms with Crippen LogP contribution in [0.5, 0.6) is 17.2 Å². The lowest BCUT2D eigenvalue weighted by Gasteiger charge is -2.25. The van der Waals surface area contributed by atoms with Crippen LogP contribution in [0.25, 0.3) is 11.3 Å². The number of anilines is 2. The molecule has 1 aromatic heterocycles. The molecule has 3 aromatic rings. The second kappa shape index (κ2) is 13.5. The predicted octanol–water partition coefficient (Wildman–Crippen LogP) is 3.02. The second-order valence-corrected chi connectivity index (χ2v) is 9.07. The molecular weight excluding hydrogens is 563 g/mol. The molecule has 1 unspecified atom stereocenters. The number of alkyl halides is 3. The number of nitrogens with two attached hydrogens (primary N) is 1. The van der Waals surface area contributed by atoms with Crippen LogP contribution in [-0.4, -0.2) is 78.4 Å². The smallest absolute Gasteiger partial charge is 0.490 e. The van der Waals surface area contributed by atoms with Gasteiger partial charge in [-0.1, -0.05) is 6.07 Å². The molecule has 0 spiro atoms. The molecule has 2 heterocycles. The number of carboxylic acids is 1. The van der Waals surface area contributed by atoms with Crippen molar-refractivity contribution >= 4 is 29.4 Å². The SMILES string of the molecule is COc1ccc2c(c1)CC(C(=O)Nc1ccc(-c3ccnc(N)n3)cc1OCC(=O)N(C)C)CO2.O=C(O)C(F)(F)F. The summed E-state index contributed by atoms with van der Waals surface area (Å²) in [6.45, 7) is 0.0592. The monoisotopic (exact) mass is 591 g/mol. The largest absolute Gasteiger partial charge is 0.497 e. The van der Waals surface area contributed by atoms with E-state index in [-0.39, 0.29) is 31.0 Å². The number of aliphatic carboxylic acids is 1. The van der Waals surface area contributed by atoms with Crippen LogP contribution < -0.4 is 25.3 Å². The first-order valence-corrected chi connectivity index (χ1v) is 12.2. The molecule has 0 saturated carbocycles. The molecule has 42 heavy (non-hydrogen) atoms. The summed E-state index contributed by atoms with van der Waals surface area (Å²) in [6.07, 6.45) is -3.02. The molecule has 2 aromatic carbocycles. The summed E-state index contributed by atoms with van der Waals surface area (Å²) < 4.78 is 48.6. The van der Waals surface area contributed by atoms with Crippen molar-refractivity contribution in [2.45, 2.75) is 12.6 Å². The van der Waals surface area contributed by atoms with Crippen molar-refractivity contribution < 1.29 is 46.9 Å². The van der Waals surface area contributed by atoms with Crippen LogP contribution in [-0.2, 0) is 20.8 Å². The highest BCUT2D eigenvalue weighted by Gasteiger charge is 2.38. The van der Waals surface area contributed by atoms with Crippen molar-refractivity contribution in [3.63, 3.8) is 0 Å². The Morgan fingerprint density at radius 2 is 1.88 bits per heavy atom. The Morgan fingerprint density at radius 3 is 2.50 bits per heavy atom. The lowest BCUT2D eigenvalue weighted by molar-refractivity contribution is -0.192. The van der Waals surface area contributed by atoms with E-state index < -0.39 is 18.1 Å². The molecule has 0 saturated heterocycles. The molecule has 224 valence electrons. The number of nitrogen functional groups attached to an aromatic ring is 1. The van der Waals surface area contributed by atoms with E-state index in [0.717, 1.165) is 11.3 Å². The van der Waals surface area contributed by atoms with Crippen LogP contribution in [0.4, 0.5) is 24.8 Å². The number of hydrogen-bond acceptors (Lipinski definition) is 9. The van der Waals surface area contributed by atoms with Crippen molar-refractivity contribution in [2.75, 3.05) is 45.5 Å². The Morgan fingerprint density at radius 1 is 1.17 bits per heavy atom. The summed E-state index contributed by atoms with van der Waals surface area (Å²) in [5.74, 6) is -1.68. The minimum atomic E-state index is -5.08. The fourth-order valence-corrected chi connectivity index (χ4v) is 3.61. The number of carbonyl (C=O) groups is 3.